The number of alkyl halides is 1. The molecule has 0 radical (unpaired) electrons. The highest BCUT2D eigenvalue weighted by Crippen LogP contribution is 2.23. The summed E-state index contributed by atoms with van der Waals surface area (Å²) >= 11 is 7.74. The molecule has 3 aromatic rings. The number of aromatic nitrogens is 3. The summed E-state index contributed by atoms with van der Waals surface area (Å²) in [4.78, 5) is 10.3. The SMILES string of the molecule is Cc1cnc(Cn2c(CCl)nc3cccc(C)c32)s1. The van der Waals surface area contributed by atoms with Crippen molar-refractivity contribution in [2.75, 3.05) is 0 Å². The Hall–Kier alpha value is -1.39. The Labute approximate surface area is 120 Å². The second kappa shape index (κ2) is 4.94. The second-order valence-electron chi connectivity index (χ2n) is 4.56. The first-order valence-electron chi connectivity index (χ1n) is 6.11. The summed E-state index contributed by atoms with van der Waals surface area (Å²) < 4.78 is 2.18. The van der Waals surface area contributed by atoms with E-state index in [1.807, 2.05) is 18.3 Å². The van der Waals surface area contributed by atoms with Gasteiger partial charge in [0.15, 0.2) is 0 Å². The van der Waals surface area contributed by atoms with E-state index in [4.69, 9.17) is 11.6 Å². The Bertz CT molecular complexity index is 729. The highest BCUT2D eigenvalue weighted by Gasteiger charge is 2.13. The minimum atomic E-state index is 0.415. The molecular weight excluding hydrogens is 278 g/mol. The molecule has 0 fully saturated rings. The van der Waals surface area contributed by atoms with Crippen molar-refractivity contribution >= 4 is 34.0 Å². The van der Waals surface area contributed by atoms with Crippen LogP contribution in [0.15, 0.2) is 24.4 Å². The van der Waals surface area contributed by atoms with Crippen LogP contribution in [-0.4, -0.2) is 14.5 Å². The Balaban J connectivity index is 2.15. The van der Waals surface area contributed by atoms with Gasteiger partial charge in [-0.2, -0.15) is 0 Å². The van der Waals surface area contributed by atoms with E-state index in [-0.39, 0.29) is 0 Å². The number of thiazole rings is 1. The highest BCUT2D eigenvalue weighted by atomic mass is 35.5. The molecule has 1 aromatic carbocycles. The van der Waals surface area contributed by atoms with E-state index >= 15 is 0 Å². The van der Waals surface area contributed by atoms with Crippen molar-refractivity contribution in [3.8, 4) is 0 Å². The summed E-state index contributed by atoms with van der Waals surface area (Å²) in [6.45, 7) is 4.91. The van der Waals surface area contributed by atoms with E-state index in [9.17, 15) is 0 Å². The lowest BCUT2D eigenvalue weighted by Gasteiger charge is -2.07. The standard InChI is InChI=1S/C14H14ClN3S/c1-9-4-3-5-11-14(9)18(12(6-15)17-11)8-13-16-7-10(2)19-13/h3-5,7H,6,8H2,1-2H3. The Morgan fingerprint density at radius 2 is 2.16 bits per heavy atom. The third kappa shape index (κ3) is 2.26. The molecule has 0 atom stereocenters. The number of para-hydroxylation sites is 1. The van der Waals surface area contributed by atoms with Crippen molar-refractivity contribution in [1.29, 1.82) is 0 Å². The first-order chi connectivity index (χ1) is 9.19. The predicted molar refractivity (Wildman–Crippen MR) is 80.0 cm³/mol. The molecule has 98 valence electrons. The lowest BCUT2D eigenvalue weighted by molar-refractivity contribution is 0.771. The van der Waals surface area contributed by atoms with Crippen molar-refractivity contribution in [3.63, 3.8) is 0 Å². The van der Waals surface area contributed by atoms with E-state index in [1.165, 1.54) is 10.4 Å². The van der Waals surface area contributed by atoms with E-state index in [0.29, 0.717) is 5.88 Å². The van der Waals surface area contributed by atoms with Gasteiger partial charge in [-0.3, -0.25) is 0 Å². The predicted octanol–water partition coefficient (Wildman–Crippen LogP) is 3.90. The molecule has 5 heteroatoms. The normalized spacial score (nSPS) is 11.3. The van der Waals surface area contributed by atoms with Crippen LogP contribution in [-0.2, 0) is 12.4 Å². The van der Waals surface area contributed by atoms with Crippen LogP contribution in [0, 0.1) is 13.8 Å². The average Bonchev–Trinajstić information content (AvgIpc) is 2.95. The molecule has 0 saturated carbocycles. The Kier molecular flexibility index (Phi) is 3.29. The fraction of sp³-hybridized carbons (Fsp3) is 0.286. The maximum absolute atomic E-state index is 6.03. The molecule has 3 nitrogen and oxygen atoms in total. The van der Waals surface area contributed by atoms with Gasteiger partial charge < -0.3 is 4.57 Å². The van der Waals surface area contributed by atoms with Gasteiger partial charge in [0.2, 0.25) is 0 Å². The molecule has 0 amide bonds. The lowest BCUT2D eigenvalue weighted by atomic mass is 10.2. The third-order valence-electron chi connectivity index (χ3n) is 3.13. The Morgan fingerprint density at radius 1 is 1.32 bits per heavy atom. The van der Waals surface area contributed by atoms with E-state index in [0.717, 1.165) is 28.4 Å². The number of aryl methyl sites for hydroxylation is 2. The van der Waals surface area contributed by atoms with Crippen LogP contribution >= 0.6 is 22.9 Å². The largest absolute Gasteiger partial charge is 0.320 e. The smallest absolute Gasteiger partial charge is 0.125 e. The molecule has 0 aliphatic rings. The minimum absolute atomic E-state index is 0.415. The van der Waals surface area contributed by atoms with Crippen molar-refractivity contribution in [3.05, 3.63) is 45.7 Å². The number of rotatable bonds is 3. The van der Waals surface area contributed by atoms with E-state index < -0.39 is 0 Å². The summed E-state index contributed by atoms with van der Waals surface area (Å²) in [6.07, 6.45) is 1.91. The highest BCUT2D eigenvalue weighted by molar-refractivity contribution is 7.11. The maximum Gasteiger partial charge on any atom is 0.125 e. The monoisotopic (exact) mass is 291 g/mol. The number of hydrogen-bond acceptors (Lipinski definition) is 3. The van der Waals surface area contributed by atoms with E-state index in [2.05, 4.69) is 34.4 Å². The summed E-state index contributed by atoms with van der Waals surface area (Å²) in [5, 5.41) is 1.09. The number of fused-ring (bicyclic) bond motifs is 1. The van der Waals surface area contributed by atoms with Gasteiger partial charge in [-0.25, -0.2) is 9.97 Å². The summed E-state index contributed by atoms with van der Waals surface area (Å²) in [7, 11) is 0. The first-order valence-corrected chi connectivity index (χ1v) is 7.46. The van der Waals surface area contributed by atoms with Gasteiger partial charge in [-0.15, -0.1) is 22.9 Å². The number of hydrogen-bond donors (Lipinski definition) is 0. The minimum Gasteiger partial charge on any atom is -0.320 e. The summed E-state index contributed by atoms with van der Waals surface area (Å²) in [5.41, 5.74) is 3.38. The van der Waals surface area contributed by atoms with Crippen LogP contribution in [0.4, 0.5) is 0 Å². The van der Waals surface area contributed by atoms with Crippen LogP contribution < -0.4 is 0 Å². The molecule has 3 rings (SSSR count). The fourth-order valence-electron chi connectivity index (χ4n) is 2.30. The van der Waals surface area contributed by atoms with Crippen LogP contribution in [0.25, 0.3) is 11.0 Å². The zero-order valence-electron chi connectivity index (χ0n) is 10.9. The summed E-state index contributed by atoms with van der Waals surface area (Å²) in [5.74, 6) is 1.32. The van der Waals surface area contributed by atoms with Crippen molar-refractivity contribution in [2.24, 2.45) is 0 Å². The molecule has 0 unspecified atom stereocenters. The number of nitrogens with zero attached hydrogens (tertiary/aromatic N) is 3. The number of halogens is 1. The van der Waals surface area contributed by atoms with Gasteiger partial charge in [0.25, 0.3) is 0 Å². The molecule has 2 heterocycles. The van der Waals surface area contributed by atoms with Gasteiger partial charge in [0.1, 0.15) is 10.8 Å². The average molecular weight is 292 g/mol. The van der Waals surface area contributed by atoms with Gasteiger partial charge in [0, 0.05) is 11.1 Å². The molecule has 0 spiro atoms. The third-order valence-corrected chi connectivity index (χ3v) is 4.27. The van der Waals surface area contributed by atoms with Crippen LogP contribution in [0.3, 0.4) is 0 Å². The summed E-state index contributed by atoms with van der Waals surface area (Å²) in [6, 6.07) is 6.16. The molecular formula is C14H14ClN3S. The van der Waals surface area contributed by atoms with Gasteiger partial charge >= 0.3 is 0 Å². The van der Waals surface area contributed by atoms with Crippen LogP contribution in [0.1, 0.15) is 21.3 Å². The number of imidazole rings is 1. The molecule has 2 aromatic heterocycles. The fourth-order valence-corrected chi connectivity index (χ4v) is 3.28. The topological polar surface area (TPSA) is 30.7 Å². The van der Waals surface area contributed by atoms with Gasteiger partial charge in [0.05, 0.1) is 23.5 Å². The van der Waals surface area contributed by atoms with E-state index in [1.54, 1.807) is 11.3 Å². The van der Waals surface area contributed by atoms with Crippen LogP contribution in [0.5, 0.6) is 0 Å². The first kappa shape index (κ1) is 12.6. The molecule has 0 N–H and O–H groups in total. The van der Waals surface area contributed by atoms with Crippen LogP contribution in [0.2, 0.25) is 0 Å². The maximum atomic E-state index is 6.03. The molecule has 19 heavy (non-hydrogen) atoms. The van der Waals surface area contributed by atoms with Gasteiger partial charge in [-0.1, -0.05) is 12.1 Å². The Morgan fingerprint density at radius 3 is 2.84 bits per heavy atom. The molecule has 0 saturated heterocycles. The quantitative estimate of drug-likeness (QED) is 0.685. The number of benzene rings is 1. The second-order valence-corrected chi connectivity index (χ2v) is 6.14. The van der Waals surface area contributed by atoms with Crippen molar-refractivity contribution in [1.82, 2.24) is 14.5 Å². The zero-order valence-corrected chi connectivity index (χ0v) is 12.4. The molecule has 0 aliphatic heterocycles. The lowest BCUT2D eigenvalue weighted by Crippen LogP contribution is -2.04. The molecule has 0 aliphatic carbocycles. The van der Waals surface area contributed by atoms with Gasteiger partial charge in [-0.05, 0) is 25.5 Å². The molecule has 0 bridgehead atoms. The zero-order chi connectivity index (χ0) is 13.4. The van der Waals surface area contributed by atoms with Crippen molar-refractivity contribution in [2.45, 2.75) is 26.3 Å². The van der Waals surface area contributed by atoms with Crippen molar-refractivity contribution < 1.29 is 0 Å².